The predicted molar refractivity (Wildman–Crippen MR) is 84.3 cm³/mol. The highest BCUT2D eigenvalue weighted by Gasteiger charge is 2.11. The topological polar surface area (TPSA) is 70.4 Å². The normalized spacial score (nSPS) is 10.2. The molecule has 0 aromatic heterocycles. The fourth-order valence-corrected chi connectivity index (χ4v) is 2.03. The minimum atomic E-state index is -0.381. The Morgan fingerprint density at radius 1 is 1.14 bits per heavy atom. The molecule has 0 amide bonds. The van der Waals surface area contributed by atoms with Crippen molar-refractivity contribution in [2.75, 3.05) is 24.4 Å². The van der Waals surface area contributed by atoms with Crippen LogP contribution in [-0.4, -0.2) is 19.0 Å². The van der Waals surface area contributed by atoms with E-state index in [1.165, 1.54) is 6.07 Å². The van der Waals surface area contributed by atoms with Crippen molar-refractivity contribution in [2.24, 2.45) is 0 Å². The highest BCUT2D eigenvalue weighted by Crippen LogP contribution is 2.24. The van der Waals surface area contributed by atoms with E-state index in [0.717, 1.165) is 16.9 Å². The van der Waals surface area contributed by atoms with Gasteiger partial charge in [0.1, 0.15) is 0 Å². The van der Waals surface area contributed by atoms with Crippen LogP contribution in [0.25, 0.3) is 0 Å². The lowest BCUT2D eigenvalue weighted by Gasteiger charge is -2.18. The summed E-state index contributed by atoms with van der Waals surface area (Å²) >= 11 is 0. The Morgan fingerprint density at radius 3 is 2.48 bits per heavy atom. The molecule has 0 saturated heterocycles. The molecule has 0 aliphatic carbocycles. The van der Waals surface area contributed by atoms with Crippen molar-refractivity contribution in [3.8, 4) is 0 Å². The van der Waals surface area contributed by atoms with Crippen LogP contribution in [0.15, 0.2) is 48.5 Å². The number of nitro benzene ring substituents is 1. The van der Waals surface area contributed by atoms with Gasteiger partial charge in [-0.1, -0.05) is 18.2 Å². The van der Waals surface area contributed by atoms with Crippen LogP contribution in [0, 0.1) is 10.1 Å². The number of rotatable bonds is 6. The number of anilines is 2. The van der Waals surface area contributed by atoms with Gasteiger partial charge in [-0.2, -0.15) is 0 Å². The summed E-state index contributed by atoms with van der Waals surface area (Å²) in [5, 5.41) is 10.9. The van der Waals surface area contributed by atoms with Gasteiger partial charge in [-0.05, 0) is 23.8 Å². The van der Waals surface area contributed by atoms with Crippen molar-refractivity contribution < 1.29 is 4.92 Å². The average Bonchev–Trinajstić information content (AvgIpc) is 2.48. The third-order valence-corrected chi connectivity index (χ3v) is 3.04. The van der Waals surface area contributed by atoms with Crippen molar-refractivity contribution >= 4 is 17.1 Å². The van der Waals surface area contributed by atoms with E-state index in [1.807, 2.05) is 49.3 Å². The Hall–Kier alpha value is -2.60. The lowest BCUT2D eigenvalue weighted by atomic mass is 10.1. The molecule has 2 N–H and O–H groups in total. The fourth-order valence-electron chi connectivity index (χ4n) is 2.03. The van der Waals surface area contributed by atoms with E-state index < -0.39 is 0 Å². The van der Waals surface area contributed by atoms with Gasteiger partial charge in [-0.3, -0.25) is 10.1 Å². The highest BCUT2D eigenvalue weighted by molar-refractivity contribution is 5.57. The summed E-state index contributed by atoms with van der Waals surface area (Å²) in [6, 6.07) is 14.6. The van der Waals surface area contributed by atoms with Gasteiger partial charge in [0.15, 0.2) is 0 Å². The first kappa shape index (κ1) is 14.8. The van der Waals surface area contributed by atoms with Crippen LogP contribution >= 0.6 is 0 Å². The van der Waals surface area contributed by atoms with E-state index in [0.29, 0.717) is 6.54 Å². The number of hydrogen-bond acceptors (Lipinski definition) is 5. The average molecular weight is 286 g/mol. The van der Waals surface area contributed by atoms with Crippen LogP contribution in [0.2, 0.25) is 0 Å². The SMILES string of the molecule is CN(C)c1ccc([N+](=O)[O-])cc1CNNc1ccccc1. The van der Waals surface area contributed by atoms with Crippen LogP contribution in [0.4, 0.5) is 17.1 Å². The molecule has 2 aromatic carbocycles. The molecule has 0 aliphatic heterocycles. The number of para-hydroxylation sites is 1. The molecule has 0 radical (unpaired) electrons. The zero-order chi connectivity index (χ0) is 15.2. The monoisotopic (exact) mass is 286 g/mol. The number of non-ortho nitro benzene ring substituents is 1. The first-order valence-corrected chi connectivity index (χ1v) is 6.56. The van der Waals surface area contributed by atoms with Crippen LogP contribution < -0.4 is 15.8 Å². The quantitative estimate of drug-likeness (QED) is 0.631. The van der Waals surface area contributed by atoms with Gasteiger partial charge < -0.3 is 10.3 Å². The molecule has 0 bridgehead atoms. The Kier molecular flexibility index (Phi) is 4.73. The number of benzene rings is 2. The summed E-state index contributed by atoms with van der Waals surface area (Å²) in [4.78, 5) is 12.4. The molecule has 0 atom stereocenters. The van der Waals surface area contributed by atoms with Crippen LogP contribution in [-0.2, 0) is 6.54 Å². The van der Waals surface area contributed by atoms with Gasteiger partial charge in [-0.25, -0.2) is 5.43 Å². The number of hydrazine groups is 1. The fraction of sp³-hybridized carbons (Fsp3) is 0.200. The summed E-state index contributed by atoms with van der Waals surface area (Å²) in [5.41, 5.74) is 8.99. The zero-order valence-electron chi connectivity index (χ0n) is 12.0. The Morgan fingerprint density at radius 2 is 1.86 bits per heavy atom. The van der Waals surface area contributed by atoms with Crippen molar-refractivity contribution in [1.82, 2.24) is 5.43 Å². The third-order valence-electron chi connectivity index (χ3n) is 3.04. The van der Waals surface area contributed by atoms with E-state index in [-0.39, 0.29) is 10.6 Å². The maximum Gasteiger partial charge on any atom is 0.269 e. The third kappa shape index (κ3) is 3.93. The molecule has 0 aliphatic rings. The first-order valence-electron chi connectivity index (χ1n) is 6.56. The number of nitrogens with one attached hydrogen (secondary N) is 2. The molecule has 21 heavy (non-hydrogen) atoms. The first-order chi connectivity index (χ1) is 10.1. The second kappa shape index (κ2) is 6.71. The summed E-state index contributed by atoms with van der Waals surface area (Å²) in [6.45, 7) is 0.476. The Labute approximate surface area is 123 Å². The molecule has 2 rings (SSSR count). The molecule has 0 unspecified atom stereocenters. The second-order valence-electron chi connectivity index (χ2n) is 4.81. The van der Waals surface area contributed by atoms with Crippen molar-refractivity contribution in [3.63, 3.8) is 0 Å². The van der Waals surface area contributed by atoms with Crippen molar-refractivity contribution in [3.05, 3.63) is 64.2 Å². The van der Waals surface area contributed by atoms with Gasteiger partial charge in [-0.15, -0.1) is 0 Å². The maximum absolute atomic E-state index is 10.9. The Balaban J connectivity index is 2.10. The van der Waals surface area contributed by atoms with Gasteiger partial charge in [0.25, 0.3) is 5.69 Å². The standard InChI is InChI=1S/C15H18N4O2/c1-18(2)15-9-8-14(19(20)21)10-12(15)11-16-17-13-6-4-3-5-7-13/h3-10,16-17H,11H2,1-2H3. The number of hydrogen-bond donors (Lipinski definition) is 2. The molecular weight excluding hydrogens is 268 g/mol. The van der Waals surface area contributed by atoms with E-state index in [9.17, 15) is 10.1 Å². The smallest absolute Gasteiger partial charge is 0.269 e. The molecule has 6 nitrogen and oxygen atoms in total. The van der Waals surface area contributed by atoms with Gasteiger partial charge in [0, 0.05) is 44.1 Å². The minimum Gasteiger partial charge on any atom is -0.377 e. The predicted octanol–water partition coefficient (Wildman–Crippen LogP) is 2.78. The van der Waals surface area contributed by atoms with E-state index in [1.54, 1.807) is 12.1 Å². The van der Waals surface area contributed by atoms with Crippen LogP contribution in [0.3, 0.4) is 0 Å². The maximum atomic E-state index is 10.9. The molecular formula is C15H18N4O2. The Bertz CT molecular complexity index is 614. The molecule has 6 heteroatoms. The van der Waals surface area contributed by atoms with Gasteiger partial charge in [0.05, 0.1) is 4.92 Å². The summed E-state index contributed by atoms with van der Waals surface area (Å²) in [5.74, 6) is 0. The van der Waals surface area contributed by atoms with E-state index in [2.05, 4.69) is 10.9 Å². The van der Waals surface area contributed by atoms with Gasteiger partial charge in [0.2, 0.25) is 0 Å². The lowest BCUT2D eigenvalue weighted by Crippen LogP contribution is -2.22. The summed E-state index contributed by atoms with van der Waals surface area (Å²) in [7, 11) is 3.82. The molecule has 0 heterocycles. The van der Waals surface area contributed by atoms with Crippen LogP contribution in [0.5, 0.6) is 0 Å². The number of nitro groups is 1. The second-order valence-corrected chi connectivity index (χ2v) is 4.81. The zero-order valence-corrected chi connectivity index (χ0v) is 12.0. The molecule has 110 valence electrons. The molecule has 0 spiro atoms. The van der Waals surface area contributed by atoms with Crippen LogP contribution in [0.1, 0.15) is 5.56 Å². The number of nitrogens with zero attached hydrogens (tertiary/aromatic N) is 2. The van der Waals surface area contributed by atoms with E-state index >= 15 is 0 Å². The summed E-state index contributed by atoms with van der Waals surface area (Å²) in [6.07, 6.45) is 0. The summed E-state index contributed by atoms with van der Waals surface area (Å²) < 4.78 is 0. The minimum absolute atomic E-state index is 0.0945. The van der Waals surface area contributed by atoms with Crippen molar-refractivity contribution in [2.45, 2.75) is 6.54 Å². The van der Waals surface area contributed by atoms with Crippen molar-refractivity contribution in [1.29, 1.82) is 0 Å². The molecule has 2 aromatic rings. The lowest BCUT2D eigenvalue weighted by molar-refractivity contribution is -0.384. The highest BCUT2D eigenvalue weighted by atomic mass is 16.6. The van der Waals surface area contributed by atoms with Gasteiger partial charge >= 0.3 is 0 Å². The molecule has 0 fully saturated rings. The largest absolute Gasteiger partial charge is 0.377 e. The molecule has 0 saturated carbocycles. The van der Waals surface area contributed by atoms with E-state index in [4.69, 9.17) is 0 Å².